The van der Waals surface area contributed by atoms with E-state index in [2.05, 4.69) is 9.82 Å². The highest BCUT2D eigenvalue weighted by atomic mass is 32.2. The minimum atomic E-state index is -4.11. The summed E-state index contributed by atoms with van der Waals surface area (Å²) in [6.45, 7) is 3.88. The number of benzene rings is 1. The van der Waals surface area contributed by atoms with E-state index in [4.69, 9.17) is 0 Å². The van der Waals surface area contributed by atoms with Crippen LogP contribution in [-0.2, 0) is 16.6 Å². The van der Waals surface area contributed by atoms with Gasteiger partial charge in [0, 0.05) is 31.3 Å². The Hall–Kier alpha value is -2.95. The standard InChI is InChI=1S/C15H17N5O5S/c1-9-6-11(20(22)23)10(2)13(7-9)26(24,25)17-14-8-12-15(21)18(3)4-5-19(12)16-14/h6-8H,4-5H2,1-3H3,(H,16,17). The number of hydrogen-bond acceptors (Lipinski definition) is 6. The van der Waals surface area contributed by atoms with Crippen LogP contribution in [-0.4, -0.2) is 47.5 Å². The molecule has 0 bridgehead atoms. The molecular weight excluding hydrogens is 362 g/mol. The van der Waals surface area contributed by atoms with E-state index in [0.717, 1.165) is 0 Å². The van der Waals surface area contributed by atoms with Gasteiger partial charge in [0.15, 0.2) is 5.82 Å². The third-order valence-electron chi connectivity index (χ3n) is 4.20. The highest BCUT2D eigenvalue weighted by molar-refractivity contribution is 7.92. The Morgan fingerprint density at radius 2 is 1.92 bits per heavy atom. The minimum absolute atomic E-state index is 0.00721. The van der Waals surface area contributed by atoms with Crippen molar-refractivity contribution in [3.8, 4) is 0 Å². The summed E-state index contributed by atoms with van der Waals surface area (Å²) in [5.74, 6) is -0.260. The normalized spacial score (nSPS) is 14.3. The molecule has 1 aliphatic rings. The summed E-state index contributed by atoms with van der Waals surface area (Å²) in [6, 6.07) is 4.03. The molecule has 26 heavy (non-hydrogen) atoms. The molecule has 10 nitrogen and oxygen atoms in total. The summed E-state index contributed by atoms with van der Waals surface area (Å²) >= 11 is 0. The lowest BCUT2D eigenvalue weighted by Gasteiger charge is -2.22. The number of sulfonamides is 1. The number of hydrogen-bond donors (Lipinski definition) is 1. The number of anilines is 1. The summed E-state index contributed by atoms with van der Waals surface area (Å²) in [6.07, 6.45) is 0. The number of fused-ring (bicyclic) bond motifs is 1. The lowest BCUT2D eigenvalue weighted by atomic mass is 10.1. The highest BCUT2D eigenvalue weighted by Crippen LogP contribution is 2.28. The van der Waals surface area contributed by atoms with Crippen LogP contribution >= 0.6 is 0 Å². The van der Waals surface area contributed by atoms with E-state index in [1.807, 2.05) is 0 Å². The van der Waals surface area contributed by atoms with Crippen LogP contribution in [0.3, 0.4) is 0 Å². The van der Waals surface area contributed by atoms with Crippen molar-refractivity contribution in [1.29, 1.82) is 0 Å². The van der Waals surface area contributed by atoms with E-state index < -0.39 is 14.9 Å². The first-order chi connectivity index (χ1) is 12.1. The Morgan fingerprint density at radius 1 is 1.23 bits per heavy atom. The molecule has 2 aromatic rings. The molecule has 0 spiro atoms. The van der Waals surface area contributed by atoms with E-state index in [1.165, 1.54) is 34.7 Å². The maximum atomic E-state index is 12.7. The zero-order valence-electron chi connectivity index (χ0n) is 14.4. The molecule has 3 rings (SSSR count). The zero-order chi connectivity index (χ0) is 19.2. The maximum Gasteiger partial charge on any atom is 0.273 e. The monoisotopic (exact) mass is 379 g/mol. The van der Waals surface area contributed by atoms with Crippen LogP contribution in [0.5, 0.6) is 0 Å². The number of carbonyl (C=O) groups excluding carboxylic acids is 1. The van der Waals surface area contributed by atoms with Crippen LogP contribution in [0.4, 0.5) is 11.5 Å². The summed E-state index contributed by atoms with van der Waals surface area (Å²) in [5, 5.41) is 15.2. The lowest BCUT2D eigenvalue weighted by Crippen LogP contribution is -2.37. The molecule has 0 saturated carbocycles. The van der Waals surface area contributed by atoms with Crippen LogP contribution in [0.15, 0.2) is 23.1 Å². The van der Waals surface area contributed by atoms with Gasteiger partial charge in [-0.2, -0.15) is 5.10 Å². The number of rotatable bonds is 4. The molecule has 1 amide bonds. The second-order valence-electron chi connectivity index (χ2n) is 6.13. The highest BCUT2D eigenvalue weighted by Gasteiger charge is 2.28. The number of carbonyl (C=O) groups is 1. The first-order valence-electron chi connectivity index (χ1n) is 7.72. The van der Waals surface area contributed by atoms with Gasteiger partial charge in [-0.3, -0.25) is 24.3 Å². The van der Waals surface area contributed by atoms with Gasteiger partial charge in [0.2, 0.25) is 0 Å². The third-order valence-corrected chi connectivity index (χ3v) is 5.68. The average molecular weight is 379 g/mol. The van der Waals surface area contributed by atoms with Gasteiger partial charge in [0.25, 0.3) is 21.6 Å². The first kappa shape index (κ1) is 17.9. The average Bonchev–Trinajstić information content (AvgIpc) is 2.95. The van der Waals surface area contributed by atoms with Gasteiger partial charge in [0.05, 0.1) is 16.4 Å². The van der Waals surface area contributed by atoms with Gasteiger partial charge in [-0.15, -0.1) is 0 Å². The predicted molar refractivity (Wildman–Crippen MR) is 92.6 cm³/mol. The third kappa shape index (κ3) is 3.01. The molecule has 0 saturated heterocycles. The second kappa shape index (κ2) is 6.09. The Morgan fingerprint density at radius 3 is 2.58 bits per heavy atom. The number of nitro benzene ring substituents is 1. The molecule has 1 aromatic heterocycles. The fourth-order valence-corrected chi connectivity index (χ4v) is 4.15. The molecular formula is C15H17N5O5S. The maximum absolute atomic E-state index is 12.7. The van der Waals surface area contributed by atoms with Crippen LogP contribution in [0.1, 0.15) is 21.6 Å². The van der Waals surface area contributed by atoms with Crippen molar-refractivity contribution in [2.45, 2.75) is 25.3 Å². The smallest absolute Gasteiger partial charge is 0.273 e. The first-order valence-corrected chi connectivity index (χ1v) is 9.20. The van der Waals surface area contributed by atoms with Crippen LogP contribution < -0.4 is 4.72 Å². The molecule has 138 valence electrons. The van der Waals surface area contributed by atoms with Gasteiger partial charge in [-0.1, -0.05) is 0 Å². The van der Waals surface area contributed by atoms with Crippen molar-refractivity contribution in [2.75, 3.05) is 18.3 Å². The van der Waals surface area contributed by atoms with Crippen LogP contribution in [0.2, 0.25) is 0 Å². The van der Waals surface area contributed by atoms with Crippen LogP contribution in [0, 0.1) is 24.0 Å². The van der Waals surface area contributed by atoms with Crippen molar-refractivity contribution in [1.82, 2.24) is 14.7 Å². The van der Waals surface area contributed by atoms with Gasteiger partial charge in [-0.25, -0.2) is 8.42 Å². The van der Waals surface area contributed by atoms with E-state index in [1.54, 1.807) is 14.0 Å². The summed E-state index contributed by atoms with van der Waals surface area (Å²) in [7, 11) is -2.46. The van der Waals surface area contributed by atoms with E-state index in [-0.39, 0.29) is 33.6 Å². The van der Waals surface area contributed by atoms with Crippen molar-refractivity contribution in [3.05, 3.63) is 45.1 Å². The Labute approximate surface area is 149 Å². The van der Waals surface area contributed by atoms with E-state index in [9.17, 15) is 23.3 Å². The van der Waals surface area contributed by atoms with Crippen LogP contribution in [0.25, 0.3) is 0 Å². The Balaban J connectivity index is 2.00. The summed E-state index contributed by atoms with van der Waals surface area (Å²) in [4.78, 5) is 23.9. The van der Waals surface area contributed by atoms with Crippen molar-refractivity contribution in [2.24, 2.45) is 0 Å². The van der Waals surface area contributed by atoms with Crippen molar-refractivity contribution in [3.63, 3.8) is 0 Å². The zero-order valence-corrected chi connectivity index (χ0v) is 15.2. The molecule has 1 aromatic carbocycles. The largest absolute Gasteiger partial charge is 0.339 e. The molecule has 0 radical (unpaired) electrons. The van der Waals surface area contributed by atoms with Gasteiger partial charge in [-0.05, 0) is 25.5 Å². The molecule has 11 heteroatoms. The topological polar surface area (TPSA) is 127 Å². The number of aromatic nitrogens is 2. The molecule has 0 atom stereocenters. The Bertz CT molecular complexity index is 1030. The fraction of sp³-hybridized carbons (Fsp3) is 0.333. The number of nitro groups is 1. The quantitative estimate of drug-likeness (QED) is 0.630. The second-order valence-corrected chi connectivity index (χ2v) is 7.79. The number of nitrogens with zero attached hydrogens (tertiary/aromatic N) is 4. The summed E-state index contributed by atoms with van der Waals surface area (Å²) < 4.78 is 29.2. The van der Waals surface area contributed by atoms with Crippen molar-refractivity contribution < 1.29 is 18.1 Å². The molecule has 0 unspecified atom stereocenters. The summed E-state index contributed by atoms with van der Waals surface area (Å²) in [5.41, 5.74) is 0.492. The van der Waals surface area contributed by atoms with E-state index >= 15 is 0 Å². The van der Waals surface area contributed by atoms with Gasteiger partial charge in [0.1, 0.15) is 5.69 Å². The Kier molecular flexibility index (Phi) is 4.18. The SMILES string of the molecule is Cc1cc([N+](=O)[O-])c(C)c(S(=O)(=O)Nc2cc3n(n2)CCN(C)C3=O)c1. The number of nitrogens with one attached hydrogen (secondary N) is 1. The van der Waals surface area contributed by atoms with Gasteiger partial charge >= 0.3 is 0 Å². The number of amides is 1. The van der Waals surface area contributed by atoms with Crippen molar-refractivity contribution >= 4 is 27.4 Å². The predicted octanol–water partition coefficient (Wildman–Crippen LogP) is 1.29. The van der Waals surface area contributed by atoms with E-state index in [0.29, 0.717) is 18.7 Å². The minimum Gasteiger partial charge on any atom is -0.339 e. The molecule has 0 fully saturated rings. The van der Waals surface area contributed by atoms with Gasteiger partial charge < -0.3 is 4.90 Å². The molecule has 0 aliphatic carbocycles. The molecule has 2 heterocycles. The number of likely N-dealkylation sites (N-methyl/N-ethyl adjacent to an activating group) is 1. The number of aryl methyl sites for hydroxylation is 1. The lowest BCUT2D eigenvalue weighted by molar-refractivity contribution is -0.385. The molecule has 1 aliphatic heterocycles. The molecule has 1 N–H and O–H groups in total. The fourth-order valence-electron chi connectivity index (χ4n) is 2.82.